The van der Waals surface area contributed by atoms with Gasteiger partial charge in [0.15, 0.2) is 0 Å². The lowest BCUT2D eigenvalue weighted by Gasteiger charge is -2.16. The van der Waals surface area contributed by atoms with E-state index in [9.17, 15) is 0 Å². The van der Waals surface area contributed by atoms with Gasteiger partial charge in [0.2, 0.25) is 0 Å². The number of hydrogen-bond donors (Lipinski definition) is 1. The molecule has 0 spiro atoms. The van der Waals surface area contributed by atoms with Gasteiger partial charge in [0, 0.05) is 11.6 Å². The van der Waals surface area contributed by atoms with Crippen LogP contribution in [0.1, 0.15) is 19.8 Å². The Morgan fingerprint density at radius 1 is 1.60 bits per heavy atom. The third kappa shape index (κ3) is 1.81. The molecule has 0 fully saturated rings. The molecule has 2 aliphatic rings. The van der Waals surface area contributed by atoms with Crippen molar-refractivity contribution in [1.29, 1.82) is 0 Å². The highest BCUT2D eigenvalue weighted by molar-refractivity contribution is 7.18. The van der Waals surface area contributed by atoms with E-state index in [4.69, 9.17) is 5.73 Å². The molecule has 2 rings (SSSR count). The van der Waals surface area contributed by atoms with Crippen molar-refractivity contribution in [2.24, 2.45) is 11.7 Å². The van der Waals surface area contributed by atoms with Crippen LogP contribution in [0.4, 0.5) is 0 Å². The lowest BCUT2D eigenvalue weighted by atomic mass is 9.92. The van der Waals surface area contributed by atoms with Gasteiger partial charge in [0.25, 0.3) is 0 Å². The van der Waals surface area contributed by atoms with Crippen LogP contribution < -0.4 is 5.73 Å². The van der Waals surface area contributed by atoms with Crippen molar-refractivity contribution in [3.8, 4) is 11.8 Å². The normalized spacial score (nSPS) is 27.7. The minimum atomic E-state index is 0.108. The van der Waals surface area contributed by atoms with Gasteiger partial charge >= 0.3 is 0 Å². The molecule has 1 nitrogen and oxygen atoms in total. The second kappa shape index (κ2) is 4.14. The van der Waals surface area contributed by atoms with E-state index in [1.165, 1.54) is 5.57 Å². The zero-order valence-electron chi connectivity index (χ0n) is 8.80. The Bertz CT molecular complexity index is 474. The summed E-state index contributed by atoms with van der Waals surface area (Å²) in [6.07, 6.45) is 3.87. The first kappa shape index (κ1) is 10.4. The van der Waals surface area contributed by atoms with Gasteiger partial charge in [-0.1, -0.05) is 30.2 Å². The van der Waals surface area contributed by atoms with E-state index in [1.807, 2.05) is 6.08 Å². The quantitative estimate of drug-likeness (QED) is 0.405. The second-order valence-electron chi connectivity index (χ2n) is 3.76. The van der Waals surface area contributed by atoms with Crippen molar-refractivity contribution in [2.75, 3.05) is 0 Å². The average Bonchev–Trinajstić information content (AvgIpc) is 2.27. The van der Waals surface area contributed by atoms with Crippen LogP contribution in [0.25, 0.3) is 0 Å². The van der Waals surface area contributed by atoms with Crippen molar-refractivity contribution in [1.82, 2.24) is 0 Å². The van der Waals surface area contributed by atoms with Gasteiger partial charge in [0.05, 0.1) is 11.2 Å². The van der Waals surface area contributed by atoms with E-state index in [1.54, 1.807) is 0 Å². The van der Waals surface area contributed by atoms with Crippen LogP contribution in [0, 0.1) is 17.8 Å². The summed E-state index contributed by atoms with van der Waals surface area (Å²) in [6.45, 7) is 2.14. The lowest BCUT2D eigenvalue weighted by molar-refractivity contribution is 0.747. The standard InChI is InChI=1S/C13H14NP/c1-2-11-9-5-3-4-6-10(8-7-9)13(15)12(11)14/h3,9,13H,2,5,14-15H2,1H3. The molecule has 0 radical (unpaired) electrons. The van der Waals surface area contributed by atoms with Crippen LogP contribution in [0.15, 0.2) is 34.4 Å². The maximum Gasteiger partial charge on any atom is 0.0649 e. The van der Waals surface area contributed by atoms with E-state index in [0.29, 0.717) is 0 Å². The first-order valence-corrected chi connectivity index (χ1v) is 5.86. The van der Waals surface area contributed by atoms with Crippen molar-refractivity contribution in [3.63, 3.8) is 0 Å². The molecule has 0 aromatic heterocycles. The predicted octanol–water partition coefficient (Wildman–Crippen LogP) is 2.13. The highest BCUT2D eigenvalue weighted by atomic mass is 31.0. The van der Waals surface area contributed by atoms with E-state index in [-0.39, 0.29) is 11.6 Å². The average molecular weight is 215 g/mol. The summed E-state index contributed by atoms with van der Waals surface area (Å²) >= 11 is 0. The van der Waals surface area contributed by atoms with Crippen molar-refractivity contribution < 1.29 is 0 Å². The summed E-state index contributed by atoms with van der Waals surface area (Å²) < 4.78 is 0. The molecule has 2 bridgehead atoms. The largest absolute Gasteiger partial charge is 0.401 e. The SMILES string of the molecule is CCC1=C(N)C(P)C2=C=C=CCC1C#C2. The second-order valence-corrected chi connectivity index (χ2v) is 4.42. The first-order chi connectivity index (χ1) is 7.24. The van der Waals surface area contributed by atoms with Gasteiger partial charge in [-0.05, 0) is 24.5 Å². The fourth-order valence-electron chi connectivity index (χ4n) is 1.95. The summed E-state index contributed by atoms with van der Waals surface area (Å²) in [5.74, 6) is 6.70. The topological polar surface area (TPSA) is 26.0 Å². The molecular formula is C13H14NP. The fraction of sp³-hybridized carbons (Fsp3) is 0.385. The fourth-order valence-corrected chi connectivity index (χ4v) is 2.33. The van der Waals surface area contributed by atoms with Gasteiger partial charge in [0.1, 0.15) is 0 Å². The summed E-state index contributed by atoms with van der Waals surface area (Å²) in [7, 11) is 2.75. The molecule has 0 saturated carbocycles. The third-order valence-corrected chi connectivity index (χ3v) is 3.55. The monoisotopic (exact) mass is 215 g/mol. The van der Waals surface area contributed by atoms with E-state index in [2.05, 4.69) is 39.5 Å². The number of nitrogens with two attached hydrogens (primary N) is 1. The van der Waals surface area contributed by atoms with Crippen LogP contribution >= 0.6 is 9.24 Å². The van der Waals surface area contributed by atoms with Crippen LogP contribution in [-0.4, -0.2) is 5.66 Å². The first-order valence-electron chi connectivity index (χ1n) is 5.19. The Kier molecular flexibility index (Phi) is 2.86. The maximum absolute atomic E-state index is 6.17. The van der Waals surface area contributed by atoms with Gasteiger partial charge < -0.3 is 5.73 Å². The molecule has 2 heteroatoms. The minimum Gasteiger partial charge on any atom is -0.401 e. The van der Waals surface area contributed by atoms with Gasteiger partial charge in [-0.15, -0.1) is 9.24 Å². The smallest absolute Gasteiger partial charge is 0.0649 e. The Hall–Kier alpha value is -1.17. The molecule has 0 amide bonds. The molecule has 2 aliphatic carbocycles. The Morgan fingerprint density at radius 3 is 3.13 bits per heavy atom. The van der Waals surface area contributed by atoms with Gasteiger partial charge in [-0.25, -0.2) is 0 Å². The molecule has 3 atom stereocenters. The Labute approximate surface area is 93.0 Å². The summed E-state index contributed by atoms with van der Waals surface area (Å²) in [4.78, 5) is 0. The molecule has 2 N–H and O–H groups in total. The highest BCUT2D eigenvalue weighted by Gasteiger charge is 2.22. The number of rotatable bonds is 1. The Morgan fingerprint density at radius 2 is 2.40 bits per heavy atom. The minimum absolute atomic E-state index is 0.108. The molecular weight excluding hydrogens is 201 g/mol. The molecule has 0 saturated heterocycles. The molecule has 0 aliphatic heterocycles. The number of hydrogen-bond acceptors (Lipinski definition) is 1. The molecule has 15 heavy (non-hydrogen) atoms. The van der Waals surface area contributed by atoms with Crippen molar-refractivity contribution in [3.05, 3.63) is 34.4 Å². The summed E-state index contributed by atoms with van der Waals surface area (Å²) in [5.41, 5.74) is 15.5. The molecule has 0 aromatic carbocycles. The van der Waals surface area contributed by atoms with Crippen LogP contribution in [0.2, 0.25) is 0 Å². The number of fused-ring (bicyclic) bond motifs is 2. The number of allylic oxidation sites excluding steroid dienone is 3. The zero-order valence-corrected chi connectivity index (χ0v) is 9.96. The van der Waals surface area contributed by atoms with Crippen molar-refractivity contribution >= 4 is 9.24 Å². The van der Waals surface area contributed by atoms with Crippen LogP contribution in [0.5, 0.6) is 0 Å². The van der Waals surface area contributed by atoms with Crippen LogP contribution in [-0.2, 0) is 0 Å². The van der Waals surface area contributed by atoms with Gasteiger partial charge in [-0.3, -0.25) is 0 Å². The molecule has 76 valence electrons. The third-order valence-electron chi connectivity index (χ3n) is 2.86. The molecule has 0 heterocycles. The summed E-state index contributed by atoms with van der Waals surface area (Å²) in [6, 6.07) is 0. The van der Waals surface area contributed by atoms with E-state index in [0.717, 1.165) is 24.1 Å². The predicted molar refractivity (Wildman–Crippen MR) is 66.0 cm³/mol. The molecule has 3 unspecified atom stereocenters. The van der Waals surface area contributed by atoms with Gasteiger partial charge in [-0.2, -0.15) is 0 Å². The highest BCUT2D eigenvalue weighted by Crippen LogP contribution is 2.30. The molecule has 0 aromatic rings. The Balaban J connectivity index is 2.63. The zero-order chi connectivity index (χ0) is 10.8. The van der Waals surface area contributed by atoms with E-state index >= 15 is 0 Å². The van der Waals surface area contributed by atoms with Crippen molar-refractivity contribution in [2.45, 2.75) is 25.4 Å². The summed E-state index contributed by atoms with van der Waals surface area (Å²) in [5, 5.41) is 0. The van der Waals surface area contributed by atoms with E-state index < -0.39 is 0 Å². The van der Waals surface area contributed by atoms with Crippen LogP contribution in [0.3, 0.4) is 0 Å². The lowest BCUT2D eigenvalue weighted by Crippen LogP contribution is -2.16. The maximum atomic E-state index is 6.17.